The molecule has 8 heteroatoms. The number of aliphatic hydroxyl groups is 1. The number of carbonyl (C=O) groups excluding carboxylic acids is 2. The topological polar surface area (TPSA) is 92.4 Å². The molecular weight excluding hydrogens is 493 g/mol. The van der Waals surface area contributed by atoms with E-state index in [1.165, 1.54) is 13.0 Å². The molecule has 1 fully saturated rings. The minimum Gasteiger partial charge on any atom is -0.398 e. The fourth-order valence-electron chi connectivity index (χ4n) is 5.26. The normalized spacial score (nSPS) is 16.0. The summed E-state index contributed by atoms with van der Waals surface area (Å²) in [6.45, 7) is 1.48. The number of hydrogen-bond acceptors (Lipinski definition) is 4. The highest BCUT2D eigenvalue weighted by Gasteiger charge is 2.45. The molecule has 5 nitrogen and oxygen atoms in total. The third-order valence-electron chi connectivity index (χ3n) is 7.35. The van der Waals surface area contributed by atoms with Crippen LogP contribution >= 0.6 is 0 Å². The van der Waals surface area contributed by atoms with Crippen LogP contribution in [0.5, 0.6) is 0 Å². The van der Waals surface area contributed by atoms with E-state index in [0.717, 1.165) is 42.5 Å². The monoisotopic (exact) mass is 524 g/mol. The molecule has 1 unspecified atom stereocenters. The van der Waals surface area contributed by atoms with Crippen LogP contribution in [0.4, 0.5) is 24.5 Å². The van der Waals surface area contributed by atoms with Crippen molar-refractivity contribution >= 4 is 23.1 Å². The van der Waals surface area contributed by atoms with Crippen molar-refractivity contribution < 1.29 is 27.9 Å². The molecule has 0 aliphatic heterocycles. The first-order valence-corrected chi connectivity index (χ1v) is 12.7. The minimum atomic E-state index is -4.68. The van der Waals surface area contributed by atoms with E-state index < -0.39 is 28.9 Å². The van der Waals surface area contributed by atoms with Gasteiger partial charge in [0.05, 0.1) is 5.56 Å². The van der Waals surface area contributed by atoms with E-state index in [2.05, 4.69) is 5.32 Å². The summed E-state index contributed by atoms with van der Waals surface area (Å²) in [6.07, 6.45) is -0.771. The summed E-state index contributed by atoms with van der Waals surface area (Å²) < 4.78 is 40.2. The number of amides is 1. The van der Waals surface area contributed by atoms with Gasteiger partial charge in [-0.05, 0) is 66.6 Å². The van der Waals surface area contributed by atoms with Crippen LogP contribution in [0.2, 0.25) is 0 Å². The number of Topliss-reactive ketones (excluding diaryl/α,β-unsaturated/α-hetero) is 1. The van der Waals surface area contributed by atoms with Crippen molar-refractivity contribution in [3.63, 3.8) is 0 Å². The number of alkyl halides is 3. The van der Waals surface area contributed by atoms with Crippen molar-refractivity contribution in [3.05, 3.63) is 83.4 Å². The lowest BCUT2D eigenvalue weighted by Crippen LogP contribution is -2.51. The predicted molar refractivity (Wildman–Crippen MR) is 142 cm³/mol. The Morgan fingerprint density at radius 1 is 0.974 bits per heavy atom. The third kappa shape index (κ3) is 5.91. The molecule has 1 aliphatic rings. The molecule has 3 aromatic rings. The van der Waals surface area contributed by atoms with Crippen LogP contribution in [0, 0.1) is 5.92 Å². The second-order valence-electron chi connectivity index (χ2n) is 9.98. The minimum absolute atomic E-state index is 0.0366. The second-order valence-corrected chi connectivity index (χ2v) is 9.98. The van der Waals surface area contributed by atoms with Gasteiger partial charge in [0.25, 0.3) is 5.91 Å². The van der Waals surface area contributed by atoms with Gasteiger partial charge < -0.3 is 16.2 Å². The number of nitrogen functional groups attached to an aromatic ring is 1. The zero-order chi connectivity index (χ0) is 27.5. The van der Waals surface area contributed by atoms with Gasteiger partial charge in [0, 0.05) is 23.4 Å². The van der Waals surface area contributed by atoms with Crippen molar-refractivity contribution in [2.45, 2.75) is 57.2 Å². The molecule has 4 rings (SSSR count). The highest BCUT2D eigenvalue weighted by Crippen LogP contribution is 2.39. The number of anilines is 2. The molecular formula is C30H31F3N2O3. The third-order valence-corrected chi connectivity index (χ3v) is 7.35. The zero-order valence-corrected chi connectivity index (χ0v) is 21.1. The molecule has 3 aromatic carbocycles. The van der Waals surface area contributed by atoms with Crippen LogP contribution in [0.15, 0.2) is 66.7 Å². The summed E-state index contributed by atoms with van der Waals surface area (Å²) in [5.74, 6) is -1.21. The molecule has 1 amide bonds. The number of carbonyl (C=O) groups is 2. The van der Waals surface area contributed by atoms with Crippen LogP contribution in [-0.4, -0.2) is 22.4 Å². The van der Waals surface area contributed by atoms with Crippen LogP contribution in [0.3, 0.4) is 0 Å². The van der Waals surface area contributed by atoms with E-state index in [-0.39, 0.29) is 23.8 Å². The van der Waals surface area contributed by atoms with Gasteiger partial charge in [-0.15, -0.1) is 0 Å². The number of hydrogen-bond donors (Lipinski definition) is 3. The maximum absolute atomic E-state index is 13.7. The highest BCUT2D eigenvalue weighted by atomic mass is 19.4. The molecule has 1 saturated carbocycles. The second kappa shape index (κ2) is 11.0. The van der Waals surface area contributed by atoms with Crippen molar-refractivity contribution in [2.75, 3.05) is 11.1 Å². The molecule has 0 radical (unpaired) electrons. The largest absolute Gasteiger partial charge is 0.418 e. The zero-order valence-electron chi connectivity index (χ0n) is 21.1. The van der Waals surface area contributed by atoms with Crippen LogP contribution < -0.4 is 11.1 Å². The lowest BCUT2D eigenvalue weighted by Gasteiger charge is -2.38. The maximum Gasteiger partial charge on any atom is 0.418 e. The summed E-state index contributed by atoms with van der Waals surface area (Å²) >= 11 is 0. The fourth-order valence-corrected chi connectivity index (χ4v) is 5.26. The molecule has 38 heavy (non-hydrogen) atoms. The Kier molecular flexibility index (Phi) is 7.92. The average Bonchev–Trinajstić information content (AvgIpc) is 2.90. The molecule has 0 spiro atoms. The summed E-state index contributed by atoms with van der Waals surface area (Å²) in [4.78, 5) is 25.6. The van der Waals surface area contributed by atoms with Crippen molar-refractivity contribution in [1.82, 2.24) is 0 Å². The summed E-state index contributed by atoms with van der Waals surface area (Å²) in [7, 11) is 0. The molecule has 1 atom stereocenters. The van der Waals surface area contributed by atoms with E-state index in [4.69, 9.17) is 5.73 Å². The fraction of sp³-hybridized carbons (Fsp3) is 0.333. The smallest absolute Gasteiger partial charge is 0.398 e. The lowest BCUT2D eigenvalue weighted by molar-refractivity contribution is -0.141. The quantitative estimate of drug-likeness (QED) is 0.238. The number of nitrogens with two attached hydrogens (primary N) is 1. The van der Waals surface area contributed by atoms with Gasteiger partial charge in [-0.1, -0.05) is 61.7 Å². The summed E-state index contributed by atoms with van der Waals surface area (Å²) in [5.41, 5.74) is 4.84. The van der Waals surface area contributed by atoms with Crippen molar-refractivity contribution in [3.8, 4) is 11.1 Å². The number of ketones is 1. The first-order valence-electron chi connectivity index (χ1n) is 12.7. The van der Waals surface area contributed by atoms with Gasteiger partial charge in [0.2, 0.25) is 0 Å². The van der Waals surface area contributed by atoms with E-state index >= 15 is 0 Å². The van der Waals surface area contributed by atoms with Gasteiger partial charge in [0.1, 0.15) is 5.60 Å². The lowest BCUT2D eigenvalue weighted by atomic mass is 9.72. The van der Waals surface area contributed by atoms with Crippen LogP contribution in [0.25, 0.3) is 11.1 Å². The van der Waals surface area contributed by atoms with Gasteiger partial charge in [-0.2, -0.15) is 13.2 Å². The first-order chi connectivity index (χ1) is 18.0. The molecule has 0 saturated heterocycles. The molecule has 200 valence electrons. The van der Waals surface area contributed by atoms with Gasteiger partial charge in [-0.25, -0.2) is 0 Å². The highest BCUT2D eigenvalue weighted by molar-refractivity contribution is 5.98. The Morgan fingerprint density at radius 3 is 2.37 bits per heavy atom. The van der Waals surface area contributed by atoms with Gasteiger partial charge in [-0.3, -0.25) is 9.59 Å². The van der Waals surface area contributed by atoms with E-state index in [0.29, 0.717) is 24.0 Å². The Hall–Kier alpha value is -3.65. The molecule has 0 aromatic heterocycles. The van der Waals surface area contributed by atoms with Crippen LogP contribution in [-0.2, 0) is 17.4 Å². The van der Waals surface area contributed by atoms with Gasteiger partial charge >= 0.3 is 6.18 Å². The Bertz CT molecular complexity index is 1330. The standard InChI is InChI=1S/C30H31F3N2O3/c1-19(36)20-9-7-10-21(16-20)25-13-6-5-8-22(25)18-29(38,23-11-3-2-4-12-23)28(37)35-24-14-15-27(34)26(17-24)30(31,32)33/h5-10,13-17,23,38H,2-4,11-12,18,34H2,1H3,(H,35,37). The summed E-state index contributed by atoms with van der Waals surface area (Å²) in [5, 5.41) is 14.5. The Labute approximate surface area is 219 Å². The number of rotatable bonds is 7. The molecule has 1 aliphatic carbocycles. The van der Waals surface area contributed by atoms with Crippen molar-refractivity contribution in [2.24, 2.45) is 5.92 Å². The number of nitrogens with one attached hydrogen (secondary N) is 1. The van der Waals surface area contributed by atoms with E-state index in [1.54, 1.807) is 18.2 Å². The SMILES string of the molecule is CC(=O)c1cccc(-c2ccccc2CC(O)(C(=O)Nc2ccc(N)c(C(F)(F)F)c2)C2CCCCC2)c1. The molecule has 0 heterocycles. The summed E-state index contributed by atoms with van der Waals surface area (Å²) in [6, 6.07) is 17.6. The number of halogens is 3. The Morgan fingerprint density at radius 2 is 1.68 bits per heavy atom. The van der Waals surface area contributed by atoms with Crippen molar-refractivity contribution in [1.29, 1.82) is 0 Å². The van der Waals surface area contributed by atoms with Crippen LogP contribution in [0.1, 0.15) is 60.5 Å². The van der Waals surface area contributed by atoms with E-state index in [1.807, 2.05) is 30.3 Å². The average molecular weight is 525 g/mol. The molecule has 0 bridgehead atoms. The molecule has 4 N–H and O–H groups in total. The maximum atomic E-state index is 13.7. The number of benzene rings is 3. The van der Waals surface area contributed by atoms with E-state index in [9.17, 15) is 27.9 Å². The van der Waals surface area contributed by atoms with Gasteiger partial charge in [0.15, 0.2) is 5.78 Å². The Balaban J connectivity index is 1.71. The predicted octanol–water partition coefficient (Wildman–Crippen LogP) is 6.65. The first kappa shape index (κ1) is 27.4.